The lowest BCUT2D eigenvalue weighted by atomic mass is 10.3. The smallest absolute Gasteiger partial charge is 0.161 e. The van der Waals surface area contributed by atoms with Gasteiger partial charge in [-0.3, -0.25) is 5.01 Å². The van der Waals surface area contributed by atoms with Gasteiger partial charge in [0.25, 0.3) is 0 Å². The van der Waals surface area contributed by atoms with Crippen LogP contribution in [0.25, 0.3) is 0 Å². The molecule has 0 aliphatic carbocycles. The van der Waals surface area contributed by atoms with E-state index in [9.17, 15) is 0 Å². The van der Waals surface area contributed by atoms with Gasteiger partial charge >= 0.3 is 0 Å². The Morgan fingerprint density at radius 1 is 1.17 bits per heavy atom. The van der Waals surface area contributed by atoms with Crippen molar-refractivity contribution < 1.29 is 0 Å². The molecule has 0 radical (unpaired) electrons. The second-order valence-electron chi connectivity index (χ2n) is 3.30. The van der Waals surface area contributed by atoms with Crippen molar-refractivity contribution in [2.24, 2.45) is 0 Å². The van der Waals surface area contributed by atoms with E-state index in [1.54, 1.807) is 11.1 Å². The van der Waals surface area contributed by atoms with E-state index < -0.39 is 0 Å². The van der Waals surface area contributed by atoms with Crippen molar-refractivity contribution in [1.82, 2.24) is 20.3 Å². The first-order valence-corrected chi connectivity index (χ1v) is 4.14. The first kappa shape index (κ1) is 8.96. The Hall–Kier alpha value is -1.13. The molecule has 0 bridgehead atoms. The summed E-state index contributed by atoms with van der Waals surface area (Å²) in [4.78, 5) is 1.68. The van der Waals surface area contributed by atoms with Gasteiger partial charge in [0.1, 0.15) is 0 Å². The summed E-state index contributed by atoms with van der Waals surface area (Å²) < 4.78 is 0. The van der Waals surface area contributed by atoms with Crippen molar-refractivity contribution in [3.05, 3.63) is 6.33 Å². The molecule has 1 aromatic heterocycles. The molecule has 0 spiro atoms. The molecule has 0 atom stereocenters. The lowest BCUT2D eigenvalue weighted by Gasteiger charge is -2.30. The molecule has 1 heterocycles. The van der Waals surface area contributed by atoms with Crippen LogP contribution in [-0.2, 0) is 0 Å². The molecule has 0 N–H and O–H groups in total. The first-order valence-electron chi connectivity index (χ1n) is 4.14. The molecule has 5 heteroatoms. The normalized spacial score (nSPS) is 11.2. The Balaban J connectivity index is 2.81. The minimum absolute atomic E-state index is 0.397. The average Bonchev–Trinajstić information content (AvgIpc) is 2.37. The second-order valence-corrected chi connectivity index (χ2v) is 3.30. The number of rotatable bonds is 3. The lowest BCUT2D eigenvalue weighted by molar-refractivity contribution is 0.420. The Bertz CT molecular complexity index is 208. The van der Waals surface area contributed by atoms with E-state index in [2.05, 4.69) is 48.2 Å². The molecule has 12 heavy (non-hydrogen) atoms. The van der Waals surface area contributed by atoms with Crippen LogP contribution in [0.2, 0.25) is 0 Å². The Kier molecular flexibility index (Phi) is 2.62. The number of aromatic nitrogens is 4. The van der Waals surface area contributed by atoms with Crippen LogP contribution in [0, 0.1) is 0 Å². The first-order chi connectivity index (χ1) is 5.63. The Morgan fingerprint density at radius 2 is 1.75 bits per heavy atom. The van der Waals surface area contributed by atoms with E-state index in [4.69, 9.17) is 0 Å². The van der Waals surface area contributed by atoms with Gasteiger partial charge in [-0.1, -0.05) is 0 Å². The maximum Gasteiger partial charge on any atom is 0.161 e. The van der Waals surface area contributed by atoms with E-state index in [1.165, 1.54) is 0 Å². The van der Waals surface area contributed by atoms with Crippen LogP contribution in [-0.4, -0.2) is 32.4 Å². The summed E-state index contributed by atoms with van der Waals surface area (Å²) in [6, 6.07) is 0.794. The van der Waals surface area contributed by atoms with Crippen LogP contribution >= 0.6 is 0 Å². The van der Waals surface area contributed by atoms with Gasteiger partial charge in [-0.2, -0.15) is 0 Å². The molecule has 0 aliphatic heterocycles. The fraction of sp³-hybridized carbons (Fsp3) is 0.857. The number of tetrazole rings is 1. The van der Waals surface area contributed by atoms with Crippen LogP contribution in [0.4, 0.5) is 0 Å². The fourth-order valence-electron chi connectivity index (χ4n) is 1.33. The minimum atomic E-state index is 0.397. The van der Waals surface area contributed by atoms with Gasteiger partial charge in [0.2, 0.25) is 0 Å². The molecule has 5 nitrogen and oxygen atoms in total. The molecule has 1 rings (SSSR count). The molecule has 0 amide bonds. The maximum atomic E-state index is 3.84. The van der Waals surface area contributed by atoms with Crippen molar-refractivity contribution in [1.29, 1.82) is 0 Å². The van der Waals surface area contributed by atoms with Gasteiger partial charge in [0, 0.05) is 12.1 Å². The van der Waals surface area contributed by atoms with Gasteiger partial charge in [0.05, 0.1) is 0 Å². The van der Waals surface area contributed by atoms with E-state index in [1.807, 2.05) is 0 Å². The summed E-state index contributed by atoms with van der Waals surface area (Å²) in [7, 11) is 0. The Labute approximate surface area is 72.3 Å². The molecule has 0 aliphatic rings. The molecule has 0 unspecified atom stereocenters. The van der Waals surface area contributed by atoms with Crippen molar-refractivity contribution in [2.75, 3.05) is 5.01 Å². The highest BCUT2D eigenvalue weighted by atomic mass is 15.7. The summed E-state index contributed by atoms with van der Waals surface area (Å²) in [6.45, 7) is 8.45. The third kappa shape index (κ3) is 1.72. The summed E-state index contributed by atoms with van der Waals surface area (Å²) in [6.07, 6.45) is 1.61. The fourth-order valence-corrected chi connectivity index (χ4v) is 1.33. The molecule has 0 saturated heterocycles. The van der Waals surface area contributed by atoms with Crippen LogP contribution in [0.5, 0.6) is 0 Å². The highest BCUT2D eigenvalue weighted by molar-refractivity contribution is 4.89. The molecular weight excluding hydrogens is 154 g/mol. The average molecular weight is 169 g/mol. The monoisotopic (exact) mass is 169 g/mol. The largest absolute Gasteiger partial charge is 0.289 e. The third-order valence-corrected chi connectivity index (χ3v) is 1.63. The second kappa shape index (κ2) is 3.51. The lowest BCUT2D eigenvalue weighted by Crippen LogP contribution is -2.46. The summed E-state index contributed by atoms with van der Waals surface area (Å²) >= 11 is 0. The van der Waals surface area contributed by atoms with Crippen LogP contribution in [0.1, 0.15) is 27.7 Å². The number of nitrogens with zero attached hydrogens (tertiary/aromatic N) is 5. The maximum absolute atomic E-state index is 3.84. The topological polar surface area (TPSA) is 46.8 Å². The summed E-state index contributed by atoms with van der Waals surface area (Å²) in [5.74, 6) is 0. The van der Waals surface area contributed by atoms with E-state index >= 15 is 0 Å². The number of hydrogen-bond donors (Lipinski definition) is 0. The van der Waals surface area contributed by atoms with E-state index in [-0.39, 0.29) is 0 Å². The molecule has 0 aromatic carbocycles. The number of hydrogen-bond acceptors (Lipinski definition) is 4. The molecule has 0 fully saturated rings. The highest BCUT2D eigenvalue weighted by Crippen LogP contribution is 2.01. The van der Waals surface area contributed by atoms with Gasteiger partial charge in [-0.15, -0.1) is 9.89 Å². The molecule has 1 aromatic rings. The van der Waals surface area contributed by atoms with E-state index in [0.29, 0.717) is 12.1 Å². The van der Waals surface area contributed by atoms with Crippen LogP contribution < -0.4 is 5.01 Å². The predicted octanol–water partition coefficient (Wildman–Crippen LogP) is 0.428. The quantitative estimate of drug-likeness (QED) is 0.658. The van der Waals surface area contributed by atoms with Crippen molar-refractivity contribution in [2.45, 2.75) is 39.8 Å². The zero-order valence-corrected chi connectivity index (χ0v) is 7.97. The summed E-state index contributed by atoms with van der Waals surface area (Å²) in [5, 5.41) is 13.1. The Morgan fingerprint density at radius 3 is 2.08 bits per heavy atom. The predicted molar refractivity (Wildman–Crippen MR) is 46.3 cm³/mol. The van der Waals surface area contributed by atoms with Gasteiger partial charge in [-0.05, 0) is 38.1 Å². The zero-order valence-electron chi connectivity index (χ0n) is 7.97. The highest BCUT2D eigenvalue weighted by Gasteiger charge is 2.14. The SMILES string of the molecule is CC(C)N(C(C)C)n1cnnn1. The molecule has 0 saturated carbocycles. The van der Waals surface area contributed by atoms with Crippen LogP contribution in [0.3, 0.4) is 0 Å². The molecular formula is C7H15N5. The van der Waals surface area contributed by atoms with Crippen molar-refractivity contribution in [3.63, 3.8) is 0 Å². The van der Waals surface area contributed by atoms with Gasteiger partial charge < -0.3 is 0 Å². The van der Waals surface area contributed by atoms with Gasteiger partial charge in [-0.25, -0.2) is 0 Å². The van der Waals surface area contributed by atoms with Crippen LogP contribution in [0.15, 0.2) is 6.33 Å². The zero-order chi connectivity index (χ0) is 9.14. The minimum Gasteiger partial charge on any atom is -0.289 e. The van der Waals surface area contributed by atoms with E-state index in [0.717, 1.165) is 0 Å². The van der Waals surface area contributed by atoms with Gasteiger partial charge in [0.15, 0.2) is 6.33 Å². The molecule has 68 valence electrons. The third-order valence-electron chi connectivity index (χ3n) is 1.63. The summed E-state index contributed by atoms with van der Waals surface area (Å²) in [5.41, 5.74) is 0. The standard InChI is InChI=1S/C7H15N5/c1-6(2)12(7(3)4)11-5-8-9-10-11/h5-7H,1-4H3. The van der Waals surface area contributed by atoms with Crippen molar-refractivity contribution >= 4 is 0 Å². The van der Waals surface area contributed by atoms with Crippen molar-refractivity contribution in [3.8, 4) is 0 Å².